The van der Waals surface area contributed by atoms with E-state index in [4.69, 9.17) is 0 Å². The summed E-state index contributed by atoms with van der Waals surface area (Å²) in [4.78, 5) is 38.8. The van der Waals surface area contributed by atoms with Crippen molar-refractivity contribution in [3.05, 3.63) is 35.6 Å². The lowest BCUT2D eigenvalue weighted by molar-refractivity contribution is -0.141. The first-order valence-electron chi connectivity index (χ1n) is 8.69. The molecule has 1 aliphatic carbocycles. The van der Waals surface area contributed by atoms with E-state index in [1.54, 1.807) is 25.1 Å². The Bertz CT molecular complexity index is 720. The van der Waals surface area contributed by atoms with Crippen LogP contribution < -0.4 is 5.32 Å². The predicted octanol–water partition coefficient (Wildman–Crippen LogP) is 2.28. The topological polar surface area (TPSA) is 66.5 Å². The number of carbonyl (C=O) groups is 3. The summed E-state index contributed by atoms with van der Waals surface area (Å²) < 4.78 is 13.9. The van der Waals surface area contributed by atoms with Crippen molar-refractivity contribution in [2.24, 2.45) is 23.7 Å². The van der Waals surface area contributed by atoms with E-state index >= 15 is 0 Å². The van der Waals surface area contributed by atoms with Crippen molar-refractivity contribution in [3.63, 3.8) is 0 Å². The number of hydrogen-bond donors (Lipinski definition) is 1. The monoisotopic (exact) mass is 346 g/mol. The van der Waals surface area contributed by atoms with Gasteiger partial charge in [0.2, 0.25) is 17.7 Å². The summed E-state index contributed by atoms with van der Waals surface area (Å²) in [6.45, 7) is 3.65. The summed E-state index contributed by atoms with van der Waals surface area (Å²) in [5.41, 5.74) is 0.404. The average Bonchev–Trinajstić information content (AvgIpc) is 2.79. The zero-order valence-electron chi connectivity index (χ0n) is 14.7. The SMILES string of the molecule is CC(NC(=O)C1C(C)CCC2C(=O)N(C)C(=O)C21)c1ccccc1F. The summed E-state index contributed by atoms with van der Waals surface area (Å²) in [6.07, 6.45) is 1.35. The maximum atomic E-state index is 13.9. The molecular weight excluding hydrogens is 323 g/mol. The first-order valence-corrected chi connectivity index (χ1v) is 8.69. The Morgan fingerprint density at radius 3 is 2.60 bits per heavy atom. The van der Waals surface area contributed by atoms with Crippen molar-refractivity contribution in [3.8, 4) is 0 Å². The molecule has 134 valence electrons. The fraction of sp³-hybridized carbons (Fsp3) is 0.526. The van der Waals surface area contributed by atoms with Gasteiger partial charge in [-0.05, 0) is 31.7 Å². The highest BCUT2D eigenvalue weighted by Crippen LogP contribution is 2.44. The molecule has 1 N–H and O–H groups in total. The lowest BCUT2D eigenvalue weighted by atomic mass is 9.67. The molecule has 0 radical (unpaired) electrons. The number of nitrogens with one attached hydrogen (secondary N) is 1. The van der Waals surface area contributed by atoms with Crippen molar-refractivity contribution in [2.45, 2.75) is 32.7 Å². The number of rotatable bonds is 3. The second-order valence-electron chi connectivity index (χ2n) is 7.20. The molecule has 3 amide bonds. The molecule has 0 spiro atoms. The molecule has 1 heterocycles. The summed E-state index contributed by atoms with van der Waals surface area (Å²) >= 11 is 0. The molecule has 5 nitrogen and oxygen atoms in total. The van der Waals surface area contributed by atoms with Crippen molar-refractivity contribution < 1.29 is 18.8 Å². The van der Waals surface area contributed by atoms with E-state index < -0.39 is 23.8 Å². The molecule has 5 unspecified atom stereocenters. The van der Waals surface area contributed by atoms with Crippen molar-refractivity contribution in [2.75, 3.05) is 7.05 Å². The Morgan fingerprint density at radius 2 is 1.92 bits per heavy atom. The van der Waals surface area contributed by atoms with E-state index in [9.17, 15) is 18.8 Å². The molecule has 2 aliphatic rings. The Labute approximate surface area is 146 Å². The van der Waals surface area contributed by atoms with Crippen LogP contribution in [-0.2, 0) is 14.4 Å². The number of imide groups is 1. The third-order valence-electron chi connectivity index (χ3n) is 5.66. The largest absolute Gasteiger partial charge is 0.349 e. The van der Waals surface area contributed by atoms with Crippen LogP contribution in [0.5, 0.6) is 0 Å². The predicted molar refractivity (Wildman–Crippen MR) is 89.6 cm³/mol. The van der Waals surface area contributed by atoms with Crippen LogP contribution in [0.25, 0.3) is 0 Å². The molecule has 0 bridgehead atoms. The number of benzene rings is 1. The third-order valence-corrected chi connectivity index (χ3v) is 5.66. The van der Waals surface area contributed by atoms with Gasteiger partial charge in [-0.3, -0.25) is 19.3 Å². The van der Waals surface area contributed by atoms with Gasteiger partial charge in [0.1, 0.15) is 5.82 Å². The number of halogens is 1. The molecule has 25 heavy (non-hydrogen) atoms. The first kappa shape index (κ1) is 17.6. The van der Waals surface area contributed by atoms with Gasteiger partial charge in [-0.2, -0.15) is 0 Å². The van der Waals surface area contributed by atoms with Gasteiger partial charge in [0.15, 0.2) is 0 Å². The van der Waals surface area contributed by atoms with E-state index in [-0.39, 0.29) is 29.5 Å². The number of amides is 3. The molecule has 3 rings (SSSR count). The number of likely N-dealkylation sites (tertiary alicyclic amines) is 1. The summed E-state index contributed by atoms with van der Waals surface area (Å²) in [6, 6.07) is 5.79. The smallest absolute Gasteiger partial charge is 0.233 e. The fourth-order valence-corrected chi connectivity index (χ4v) is 4.22. The summed E-state index contributed by atoms with van der Waals surface area (Å²) in [5.74, 6) is -2.71. The van der Waals surface area contributed by atoms with Gasteiger partial charge in [0.25, 0.3) is 0 Å². The minimum atomic E-state index is -0.603. The van der Waals surface area contributed by atoms with E-state index in [2.05, 4.69) is 5.32 Å². The van der Waals surface area contributed by atoms with E-state index in [1.807, 2.05) is 6.92 Å². The van der Waals surface area contributed by atoms with Crippen LogP contribution in [0.4, 0.5) is 4.39 Å². The Kier molecular flexibility index (Phi) is 4.62. The molecule has 1 saturated heterocycles. The van der Waals surface area contributed by atoms with Gasteiger partial charge >= 0.3 is 0 Å². The Balaban J connectivity index is 1.81. The molecule has 1 aliphatic heterocycles. The molecule has 2 fully saturated rings. The number of hydrogen-bond acceptors (Lipinski definition) is 3. The minimum absolute atomic E-state index is 0.00248. The zero-order chi connectivity index (χ0) is 18.3. The van der Waals surface area contributed by atoms with Crippen LogP contribution in [0.2, 0.25) is 0 Å². The highest BCUT2D eigenvalue weighted by molar-refractivity contribution is 6.06. The molecular formula is C19H23FN2O3. The maximum Gasteiger partial charge on any atom is 0.233 e. The van der Waals surface area contributed by atoms with Gasteiger partial charge in [-0.25, -0.2) is 4.39 Å². The fourth-order valence-electron chi connectivity index (χ4n) is 4.22. The maximum absolute atomic E-state index is 13.9. The minimum Gasteiger partial charge on any atom is -0.349 e. The second kappa shape index (κ2) is 6.58. The molecule has 1 aromatic carbocycles. The van der Waals surface area contributed by atoms with Gasteiger partial charge in [0, 0.05) is 12.6 Å². The number of nitrogens with zero attached hydrogens (tertiary/aromatic N) is 1. The van der Waals surface area contributed by atoms with Crippen LogP contribution in [0, 0.1) is 29.5 Å². The lowest BCUT2D eigenvalue weighted by Crippen LogP contribution is -2.46. The standard InChI is InChI=1S/C19H23FN2O3/c1-10-8-9-13-16(19(25)22(3)18(13)24)15(10)17(23)21-11(2)12-6-4-5-7-14(12)20/h4-7,10-11,13,15-16H,8-9H2,1-3H3,(H,21,23). The highest BCUT2D eigenvalue weighted by atomic mass is 19.1. The van der Waals surface area contributed by atoms with Gasteiger partial charge in [-0.15, -0.1) is 0 Å². The van der Waals surface area contributed by atoms with Crippen LogP contribution >= 0.6 is 0 Å². The molecule has 5 atom stereocenters. The number of carbonyl (C=O) groups excluding carboxylic acids is 3. The molecule has 1 saturated carbocycles. The normalized spacial score (nSPS) is 30.2. The van der Waals surface area contributed by atoms with E-state index in [0.29, 0.717) is 12.0 Å². The lowest BCUT2D eigenvalue weighted by Gasteiger charge is -2.35. The molecule has 6 heteroatoms. The Morgan fingerprint density at radius 1 is 1.24 bits per heavy atom. The summed E-state index contributed by atoms with van der Waals surface area (Å²) in [5, 5.41) is 2.84. The average molecular weight is 346 g/mol. The number of fused-ring (bicyclic) bond motifs is 1. The van der Waals surface area contributed by atoms with Gasteiger partial charge < -0.3 is 5.32 Å². The third kappa shape index (κ3) is 2.94. The zero-order valence-corrected chi connectivity index (χ0v) is 14.7. The highest BCUT2D eigenvalue weighted by Gasteiger charge is 2.55. The Hall–Kier alpha value is -2.24. The van der Waals surface area contributed by atoms with Crippen molar-refractivity contribution in [1.29, 1.82) is 0 Å². The molecule has 1 aromatic rings. The van der Waals surface area contributed by atoms with Crippen molar-refractivity contribution >= 4 is 17.7 Å². The van der Waals surface area contributed by atoms with Crippen LogP contribution in [-0.4, -0.2) is 29.7 Å². The summed E-state index contributed by atoms with van der Waals surface area (Å²) in [7, 11) is 1.48. The van der Waals surface area contributed by atoms with Gasteiger partial charge in [-0.1, -0.05) is 25.1 Å². The van der Waals surface area contributed by atoms with Crippen LogP contribution in [0.15, 0.2) is 24.3 Å². The van der Waals surface area contributed by atoms with Crippen LogP contribution in [0.1, 0.15) is 38.3 Å². The van der Waals surface area contributed by atoms with Crippen molar-refractivity contribution in [1.82, 2.24) is 10.2 Å². The molecule has 0 aromatic heterocycles. The second-order valence-corrected chi connectivity index (χ2v) is 7.20. The van der Waals surface area contributed by atoms with E-state index in [1.165, 1.54) is 13.1 Å². The quantitative estimate of drug-likeness (QED) is 0.854. The van der Waals surface area contributed by atoms with Crippen LogP contribution in [0.3, 0.4) is 0 Å². The van der Waals surface area contributed by atoms with Gasteiger partial charge in [0.05, 0.1) is 23.8 Å². The first-order chi connectivity index (χ1) is 11.8. The van der Waals surface area contributed by atoms with E-state index in [0.717, 1.165) is 11.3 Å².